The van der Waals surface area contributed by atoms with Crippen molar-refractivity contribution in [2.45, 2.75) is 43.4 Å². The fourth-order valence-electron chi connectivity index (χ4n) is 2.04. The Bertz CT molecular complexity index is 537. The minimum Gasteiger partial charge on any atom is -0.480 e. The molecule has 0 saturated carbocycles. The summed E-state index contributed by atoms with van der Waals surface area (Å²) in [7, 11) is 0. The summed E-state index contributed by atoms with van der Waals surface area (Å²) >= 11 is 3.92. The Kier molecular flexibility index (Phi) is 13.1. The van der Waals surface area contributed by atoms with Gasteiger partial charge in [0.15, 0.2) is 0 Å². The van der Waals surface area contributed by atoms with E-state index in [-0.39, 0.29) is 5.75 Å². The van der Waals surface area contributed by atoms with Crippen molar-refractivity contribution < 1.29 is 34.5 Å². The van der Waals surface area contributed by atoms with Crippen LogP contribution in [0, 0.1) is 0 Å². The smallest absolute Gasteiger partial charge is 0.328 e. The molecular formula is C15H29N5O7S. The molecule has 13 heteroatoms. The topological polar surface area (TPSA) is 217 Å². The first-order valence-electron chi connectivity index (χ1n) is 8.63. The van der Waals surface area contributed by atoms with Crippen molar-refractivity contribution in [2.75, 3.05) is 25.5 Å². The molecule has 0 aromatic carbocycles. The van der Waals surface area contributed by atoms with Gasteiger partial charge in [-0.2, -0.15) is 12.6 Å². The molecule has 10 N–H and O–H groups in total. The SMILES string of the molecule is NCCCCC(N)C(=O)NC(CO)C(=O)NC(CS)C(=O)NC(CO)C(=O)O. The van der Waals surface area contributed by atoms with Crippen molar-refractivity contribution in [2.24, 2.45) is 11.5 Å². The molecule has 3 amide bonds. The maximum absolute atomic E-state index is 12.2. The minimum absolute atomic E-state index is 0.194. The van der Waals surface area contributed by atoms with Crippen LogP contribution in [0.1, 0.15) is 19.3 Å². The van der Waals surface area contributed by atoms with Crippen molar-refractivity contribution in [1.29, 1.82) is 0 Å². The molecule has 0 heterocycles. The van der Waals surface area contributed by atoms with Crippen LogP contribution < -0.4 is 27.4 Å². The number of aliphatic carboxylic acids is 1. The summed E-state index contributed by atoms with van der Waals surface area (Å²) < 4.78 is 0. The van der Waals surface area contributed by atoms with Crippen LogP contribution in [0.4, 0.5) is 0 Å². The Morgan fingerprint density at radius 2 is 1.36 bits per heavy atom. The summed E-state index contributed by atoms with van der Waals surface area (Å²) in [6.07, 6.45) is 1.66. The van der Waals surface area contributed by atoms with Gasteiger partial charge >= 0.3 is 5.97 Å². The molecule has 0 fully saturated rings. The van der Waals surface area contributed by atoms with Crippen LogP contribution in [-0.2, 0) is 19.2 Å². The highest BCUT2D eigenvalue weighted by atomic mass is 32.1. The highest BCUT2D eigenvalue weighted by molar-refractivity contribution is 7.80. The average Bonchev–Trinajstić information content (AvgIpc) is 2.67. The zero-order chi connectivity index (χ0) is 21.7. The van der Waals surface area contributed by atoms with Gasteiger partial charge in [-0.25, -0.2) is 4.79 Å². The van der Waals surface area contributed by atoms with Crippen LogP contribution in [0.25, 0.3) is 0 Å². The molecule has 0 aliphatic heterocycles. The second-order valence-electron chi connectivity index (χ2n) is 5.96. The number of unbranched alkanes of at least 4 members (excludes halogenated alkanes) is 1. The quantitative estimate of drug-likeness (QED) is 0.0978. The molecule has 4 unspecified atom stereocenters. The number of hydrogen-bond donors (Lipinski definition) is 9. The lowest BCUT2D eigenvalue weighted by Crippen LogP contribution is -2.58. The van der Waals surface area contributed by atoms with E-state index in [0.717, 1.165) is 0 Å². The van der Waals surface area contributed by atoms with Gasteiger partial charge in [-0.1, -0.05) is 6.42 Å². The van der Waals surface area contributed by atoms with Crippen molar-refractivity contribution >= 4 is 36.3 Å². The molecule has 0 bridgehead atoms. The van der Waals surface area contributed by atoms with E-state index in [1.807, 2.05) is 5.32 Å². The number of carboxylic acids is 1. The molecule has 162 valence electrons. The first-order chi connectivity index (χ1) is 13.2. The average molecular weight is 423 g/mol. The Morgan fingerprint density at radius 3 is 1.82 bits per heavy atom. The van der Waals surface area contributed by atoms with Gasteiger partial charge in [0.2, 0.25) is 17.7 Å². The van der Waals surface area contributed by atoms with Gasteiger partial charge in [0.25, 0.3) is 0 Å². The molecule has 28 heavy (non-hydrogen) atoms. The van der Waals surface area contributed by atoms with Gasteiger partial charge in [0.05, 0.1) is 19.3 Å². The lowest BCUT2D eigenvalue weighted by molar-refractivity contribution is -0.143. The molecule has 0 rings (SSSR count). The lowest BCUT2D eigenvalue weighted by Gasteiger charge is -2.23. The van der Waals surface area contributed by atoms with E-state index in [9.17, 15) is 24.3 Å². The number of carbonyl (C=O) groups excluding carboxylic acids is 3. The third-order valence-corrected chi connectivity index (χ3v) is 4.10. The summed E-state index contributed by atoms with van der Waals surface area (Å²) in [5.41, 5.74) is 11.1. The normalized spacial score (nSPS) is 15.0. The van der Waals surface area contributed by atoms with Crippen molar-refractivity contribution in [1.82, 2.24) is 16.0 Å². The molecule has 0 spiro atoms. The second-order valence-corrected chi connectivity index (χ2v) is 6.33. The number of nitrogens with two attached hydrogens (primary N) is 2. The first-order valence-corrected chi connectivity index (χ1v) is 9.27. The third-order valence-electron chi connectivity index (χ3n) is 3.73. The molecule has 0 aromatic rings. The van der Waals surface area contributed by atoms with E-state index in [4.69, 9.17) is 21.7 Å². The molecule has 4 atom stereocenters. The number of aliphatic hydroxyl groups is 2. The van der Waals surface area contributed by atoms with E-state index in [2.05, 4.69) is 23.3 Å². The number of hydrogen-bond acceptors (Lipinski definition) is 9. The standard InChI is InChI=1S/C15H29N5O7S/c16-4-2-1-3-8(17)12(23)18-9(5-21)13(24)20-11(7-28)14(25)19-10(6-22)15(26)27/h8-11,21-22,28H,1-7,16-17H2,(H,18,23)(H,19,25)(H,20,24)(H,26,27). The van der Waals surface area contributed by atoms with E-state index >= 15 is 0 Å². The Morgan fingerprint density at radius 1 is 0.857 bits per heavy atom. The van der Waals surface area contributed by atoms with Crippen LogP contribution in [0.5, 0.6) is 0 Å². The zero-order valence-corrected chi connectivity index (χ0v) is 16.2. The summed E-state index contributed by atoms with van der Waals surface area (Å²) in [6.45, 7) is -1.13. The summed E-state index contributed by atoms with van der Waals surface area (Å²) in [6, 6.07) is -5.06. The Labute approximate surface area is 167 Å². The maximum atomic E-state index is 12.2. The molecule has 0 radical (unpaired) electrons. The highest BCUT2D eigenvalue weighted by Gasteiger charge is 2.29. The molecular weight excluding hydrogens is 394 g/mol. The highest BCUT2D eigenvalue weighted by Crippen LogP contribution is 1.99. The first kappa shape index (κ1) is 26.1. The molecule has 0 aromatic heterocycles. The number of carbonyl (C=O) groups is 4. The minimum atomic E-state index is -1.55. The van der Waals surface area contributed by atoms with Crippen LogP contribution in [0.2, 0.25) is 0 Å². The maximum Gasteiger partial charge on any atom is 0.328 e. The van der Waals surface area contributed by atoms with Gasteiger partial charge in [0.1, 0.15) is 18.1 Å². The van der Waals surface area contributed by atoms with Crippen LogP contribution in [-0.4, -0.2) is 88.7 Å². The fourth-order valence-corrected chi connectivity index (χ4v) is 2.29. The Hall–Kier alpha value is -1.93. The predicted octanol–water partition coefficient (Wildman–Crippen LogP) is -4.10. The molecule has 12 nitrogen and oxygen atoms in total. The van der Waals surface area contributed by atoms with Crippen LogP contribution in [0.15, 0.2) is 0 Å². The summed E-state index contributed by atoms with van der Waals surface area (Å²) in [4.78, 5) is 47.1. The van der Waals surface area contributed by atoms with Gasteiger partial charge < -0.3 is 42.7 Å². The monoisotopic (exact) mass is 423 g/mol. The van der Waals surface area contributed by atoms with Crippen molar-refractivity contribution in [3.8, 4) is 0 Å². The number of aliphatic hydroxyl groups excluding tert-OH is 2. The molecule has 0 saturated heterocycles. The fraction of sp³-hybridized carbons (Fsp3) is 0.733. The van der Waals surface area contributed by atoms with Gasteiger partial charge in [-0.3, -0.25) is 14.4 Å². The van der Waals surface area contributed by atoms with Crippen LogP contribution in [0.3, 0.4) is 0 Å². The van der Waals surface area contributed by atoms with E-state index in [0.29, 0.717) is 25.8 Å². The summed E-state index contributed by atoms with van der Waals surface area (Å²) in [5.74, 6) is -4.07. The number of carboxylic acid groups (broad SMARTS) is 1. The zero-order valence-electron chi connectivity index (χ0n) is 15.3. The number of nitrogens with one attached hydrogen (secondary N) is 3. The van der Waals surface area contributed by atoms with E-state index in [1.165, 1.54) is 0 Å². The number of amides is 3. The number of thiol groups is 1. The number of rotatable bonds is 14. The van der Waals surface area contributed by atoms with Gasteiger partial charge in [0, 0.05) is 5.75 Å². The summed E-state index contributed by atoms with van der Waals surface area (Å²) in [5, 5.41) is 33.7. The van der Waals surface area contributed by atoms with E-state index < -0.39 is 61.1 Å². The molecule has 0 aliphatic rings. The van der Waals surface area contributed by atoms with Gasteiger partial charge in [-0.15, -0.1) is 0 Å². The predicted molar refractivity (Wildman–Crippen MR) is 102 cm³/mol. The van der Waals surface area contributed by atoms with E-state index in [1.54, 1.807) is 0 Å². The second kappa shape index (κ2) is 14.1. The largest absolute Gasteiger partial charge is 0.480 e. The van der Waals surface area contributed by atoms with Crippen molar-refractivity contribution in [3.05, 3.63) is 0 Å². The molecule has 0 aliphatic carbocycles. The third kappa shape index (κ3) is 9.32. The lowest BCUT2D eigenvalue weighted by atomic mass is 10.1. The Balaban J connectivity index is 4.80. The van der Waals surface area contributed by atoms with Crippen molar-refractivity contribution in [3.63, 3.8) is 0 Å². The van der Waals surface area contributed by atoms with Crippen LogP contribution >= 0.6 is 12.6 Å². The van der Waals surface area contributed by atoms with Gasteiger partial charge in [-0.05, 0) is 19.4 Å².